The van der Waals surface area contributed by atoms with E-state index >= 15 is 0 Å². The summed E-state index contributed by atoms with van der Waals surface area (Å²) in [5, 5.41) is 16.8. The molecule has 3 rings (SSSR count). The number of amides is 1. The zero-order chi connectivity index (χ0) is 31.0. The predicted octanol–water partition coefficient (Wildman–Crippen LogP) is 6.68. The third kappa shape index (κ3) is 9.03. The maximum atomic E-state index is 13.8. The Morgan fingerprint density at radius 2 is 1.70 bits per heavy atom. The van der Waals surface area contributed by atoms with E-state index in [9.17, 15) is 40.6 Å². The van der Waals surface area contributed by atoms with E-state index in [1.165, 1.54) is 21.7 Å². The summed E-state index contributed by atoms with van der Waals surface area (Å²) in [5.41, 5.74) is -5.22. The molecule has 1 heterocycles. The Bertz CT molecular complexity index is 1220. The topological polar surface area (TPSA) is 80.5 Å². The van der Waals surface area contributed by atoms with Gasteiger partial charge in [0.25, 0.3) is 0 Å². The van der Waals surface area contributed by atoms with Crippen LogP contribution in [0.15, 0.2) is 36.2 Å². The molecule has 7 nitrogen and oxygen atoms in total. The SMILES string of the molecule is CC.CC.[CH-]=C(/C=C\[C](F)=[V])N(C)C(=O)Oc1c(-c2cn(C3CC(O)C3)nn2)cc(C(F)(F)F)cc1C(F)(F)F. The first-order chi connectivity index (χ1) is 18.6. The maximum absolute atomic E-state index is 13.8. The van der Waals surface area contributed by atoms with Crippen molar-refractivity contribution in [3.8, 4) is 17.0 Å². The van der Waals surface area contributed by atoms with Gasteiger partial charge in [-0.25, -0.2) is 0 Å². The number of rotatable bonds is 6. The van der Waals surface area contributed by atoms with Gasteiger partial charge in [-0.3, -0.25) is 0 Å². The number of hydrogen-bond donors (Lipinski definition) is 1. The minimum absolute atomic E-state index is 0.189. The van der Waals surface area contributed by atoms with Crippen LogP contribution in [0.5, 0.6) is 5.75 Å². The van der Waals surface area contributed by atoms with Crippen molar-refractivity contribution in [2.45, 2.75) is 65.0 Å². The van der Waals surface area contributed by atoms with E-state index in [1.54, 1.807) is 0 Å². The second-order valence-electron chi connectivity index (χ2n) is 7.77. The van der Waals surface area contributed by atoms with Crippen molar-refractivity contribution in [3.63, 3.8) is 0 Å². The standard InChI is InChI=1S/C21H16F7N4O3.2C2H6.V/c1-11(4-3-5-22)31(2)19(34)35-18-15(17-10-32(30-29-17)13-8-14(33)9-13)6-12(20(23,24)25)7-16(18)21(26,27)28;2*1-2;/h1,3-4,6-7,10,13-14,33H,8-9H2,2H3;2*1-2H3;/q-1;;;/b4-3-;;;. The van der Waals surface area contributed by atoms with Crippen molar-refractivity contribution in [1.29, 1.82) is 0 Å². The van der Waals surface area contributed by atoms with E-state index in [0.717, 1.165) is 25.4 Å². The summed E-state index contributed by atoms with van der Waals surface area (Å²) in [4.78, 5) is 13.1. The van der Waals surface area contributed by atoms with Crippen molar-refractivity contribution in [3.05, 3.63) is 53.9 Å². The summed E-state index contributed by atoms with van der Waals surface area (Å²) in [6, 6.07) is -0.193. The van der Waals surface area contributed by atoms with E-state index in [0.29, 0.717) is 11.0 Å². The van der Waals surface area contributed by atoms with Crippen LogP contribution < -0.4 is 4.74 Å². The van der Waals surface area contributed by atoms with Gasteiger partial charge >= 0.3 is 165 Å². The fourth-order valence-corrected chi connectivity index (χ4v) is 3.30. The molecule has 1 aromatic heterocycles. The molecule has 0 radical (unpaired) electrons. The molecule has 1 saturated carbocycles. The number of aliphatic hydroxyl groups is 1. The summed E-state index contributed by atoms with van der Waals surface area (Å²) in [7, 11) is 1.000. The number of carbonyl (C=O) groups is 1. The molecule has 1 amide bonds. The number of alkyl halides is 6. The molecule has 1 aliphatic rings. The molecule has 0 unspecified atom stereocenters. The van der Waals surface area contributed by atoms with Gasteiger partial charge in [-0.1, -0.05) is 27.7 Å². The third-order valence-electron chi connectivity index (χ3n) is 5.21. The second kappa shape index (κ2) is 14.6. The van der Waals surface area contributed by atoms with E-state index in [-0.39, 0.29) is 24.9 Å². The summed E-state index contributed by atoms with van der Waals surface area (Å²) >= 11 is 1.54. The van der Waals surface area contributed by atoms with Gasteiger partial charge in [0.1, 0.15) is 0 Å². The molecule has 0 atom stereocenters. The van der Waals surface area contributed by atoms with Gasteiger partial charge in [0, 0.05) is 0 Å². The molecule has 1 aliphatic carbocycles. The van der Waals surface area contributed by atoms with Gasteiger partial charge in [0.05, 0.1) is 12.1 Å². The average molecular weight is 616 g/mol. The zero-order valence-electron chi connectivity index (χ0n) is 22.2. The molecule has 0 spiro atoms. The number of nitrogens with zero attached hydrogens (tertiary/aromatic N) is 4. The number of benzene rings is 1. The quantitative estimate of drug-likeness (QED) is 0.223. The van der Waals surface area contributed by atoms with E-state index in [1.807, 2.05) is 27.7 Å². The first-order valence-electron chi connectivity index (χ1n) is 12.0. The van der Waals surface area contributed by atoms with Crippen LogP contribution in [0.4, 0.5) is 35.5 Å². The molecule has 15 heteroatoms. The van der Waals surface area contributed by atoms with Crippen LogP contribution in [-0.4, -0.2) is 48.7 Å². The van der Waals surface area contributed by atoms with Crippen LogP contribution in [0, 0.1) is 6.58 Å². The van der Waals surface area contributed by atoms with Crippen molar-refractivity contribution in [1.82, 2.24) is 19.9 Å². The van der Waals surface area contributed by atoms with Crippen molar-refractivity contribution in [2.75, 3.05) is 7.05 Å². The van der Waals surface area contributed by atoms with E-state index in [2.05, 4.69) is 10.3 Å². The molecule has 1 N–H and O–H groups in total. The van der Waals surface area contributed by atoms with Gasteiger partial charge in [0.2, 0.25) is 0 Å². The Balaban J connectivity index is 0.00000191. The summed E-state index contributed by atoms with van der Waals surface area (Å²) < 4.78 is 100. The summed E-state index contributed by atoms with van der Waals surface area (Å²) in [6.07, 6.45) is -9.26. The van der Waals surface area contributed by atoms with Crippen molar-refractivity contribution >= 4 is 10.6 Å². The fraction of sp³-hybridized carbons (Fsp3) is 0.440. The fourth-order valence-electron chi connectivity index (χ4n) is 3.18. The van der Waals surface area contributed by atoms with Crippen molar-refractivity contribution in [2.24, 2.45) is 0 Å². The number of carbonyl (C=O) groups excluding carboxylic acids is 1. The number of aromatic nitrogens is 3. The monoisotopic (exact) mass is 616 g/mol. The number of ether oxygens (including phenoxy) is 1. The number of halogens is 7. The molecule has 2 aromatic rings. The second-order valence-corrected chi connectivity index (χ2v) is 8.43. The average Bonchev–Trinajstić information content (AvgIpc) is 3.35. The third-order valence-corrected chi connectivity index (χ3v) is 5.45. The Labute approximate surface area is 235 Å². The Hall–Kier alpha value is -2.97. The number of allylic oxidation sites excluding steroid dienone is 2. The normalized spacial score (nSPS) is 16.6. The Morgan fingerprint density at radius 1 is 1.12 bits per heavy atom. The molecular formula is C25H28F7N4O3V-. The van der Waals surface area contributed by atoms with Crippen LogP contribution in [0.1, 0.15) is 57.7 Å². The molecule has 0 saturated heterocycles. The van der Waals surface area contributed by atoms with Crippen molar-refractivity contribution < 1.29 is 62.3 Å². The van der Waals surface area contributed by atoms with E-state index < -0.39 is 62.9 Å². The molecule has 1 fully saturated rings. The van der Waals surface area contributed by atoms with Gasteiger partial charge in [0.15, 0.2) is 0 Å². The molecule has 1 aromatic carbocycles. The Kier molecular flexibility index (Phi) is 12.8. The molecule has 0 bridgehead atoms. The van der Waals surface area contributed by atoms with Crippen LogP contribution in [0.3, 0.4) is 0 Å². The molecular weight excluding hydrogens is 588 g/mol. The number of likely N-dealkylation sites (N-methyl/N-ethyl adjacent to an activating group) is 1. The molecule has 221 valence electrons. The predicted molar refractivity (Wildman–Crippen MR) is 129 cm³/mol. The van der Waals surface area contributed by atoms with Crippen LogP contribution >= 0.6 is 0 Å². The van der Waals surface area contributed by atoms with Gasteiger partial charge in [-0.05, 0) is 12.8 Å². The minimum atomic E-state index is -5.37. The Morgan fingerprint density at radius 3 is 2.17 bits per heavy atom. The van der Waals surface area contributed by atoms with E-state index in [4.69, 9.17) is 11.3 Å². The molecule has 40 heavy (non-hydrogen) atoms. The first-order valence-corrected chi connectivity index (χ1v) is 12.7. The van der Waals surface area contributed by atoms with Crippen LogP contribution in [-0.2, 0) is 29.3 Å². The zero-order valence-corrected chi connectivity index (χ0v) is 23.6. The number of hydrogen-bond acceptors (Lipinski definition) is 5. The summed E-state index contributed by atoms with van der Waals surface area (Å²) in [6.45, 7) is 13.6. The van der Waals surface area contributed by atoms with Crippen LogP contribution in [0.25, 0.3) is 11.3 Å². The van der Waals surface area contributed by atoms with Gasteiger partial charge in [-0.2, -0.15) is 13.2 Å². The van der Waals surface area contributed by atoms with Crippen LogP contribution in [0.2, 0.25) is 0 Å². The number of aliphatic hydroxyl groups excluding tert-OH is 1. The summed E-state index contributed by atoms with van der Waals surface area (Å²) in [5.74, 6) is -1.25. The first kappa shape index (κ1) is 35.1. The molecule has 0 aliphatic heterocycles. The van der Waals surface area contributed by atoms with Gasteiger partial charge < -0.3 is 5.11 Å². The van der Waals surface area contributed by atoms with Gasteiger partial charge in [-0.15, -0.1) is 0 Å².